The predicted octanol–water partition coefficient (Wildman–Crippen LogP) is -0.439. The van der Waals surface area contributed by atoms with Crippen molar-refractivity contribution in [1.82, 2.24) is 20.3 Å². The molecule has 2 saturated heterocycles. The lowest BCUT2D eigenvalue weighted by Crippen LogP contribution is -2.55. The molecule has 4 N–H and O–H groups in total. The number of fused-ring (bicyclic) bond motifs is 1. The van der Waals surface area contributed by atoms with Gasteiger partial charge in [0.2, 0.25) is 21.8 Å². The number of rotatable bonds is 10. The molecule has 178 valence electrons. The number of piperidine rings is 1. The Kier molecular flexibility index (Phi) is 6.77. The number of nitrogens with zero attached hydrogens (tertiary/aromatic N) is 1. The number of nitrogens with one attached hydrogen (secondary N) is 4. The zero-order chi connectivity index (χ0) is 23.6. The van der Waals surface area contributed by atoms with Gasteiger partial charge in [0, 0.05) is 38.3 Å². The SMILES string of the molecule is O=C1CCC(N2C(=O)c3ccc(NCCCCCNS(=O)(=O)C4CNC4)cc3C2=O)C(=O)N1. The Balaban J connectivity index is 1.24. The molecule has 0 aromatic heterocycles. The highest BCUT2D eigenvalue weighted by Crippen LogP contribution is 2.29. The van der Waals surface area contributed by atoms with Crippen LogP contribution in [0.2, 0.25) is 0 Å². The molecule has 1 aromatic carbocycles. The van der Waals surface area contributed by atoms with Crippen LogP contribution in [0.1, 0.15) is 52.8 Å². The van der Waals surface area contributed by atoms with Gasteiger partial charge in [-0.1, -0.05) is 6.42 Å². The van der Waals surface area contributed by atoms with Crippen LogP contribution in [0.4, 0.5) is 5.69 Å². The number of hydrogen-bond donors (Lipinski definition) is 4. The highest BCUT2D eigenvalue weighted by Gasteiger charge is 2.44. The maximum Gasteiger partial charge on any atom is 0.262 e. The van der Waals surface area contributed by atoms with Crippen molar-refractivity contribution in [3.63, 3.8) is 0 Å². The van der Waals surface area contributed by atoms with Crippen LogP contribution in [0.15, 0.2) is 18.2 Å². The van der Waals surface area contributed by atoms with Gasteiger partial charge in [0.15, 0.2) is 0 Å². The van der Waals surface area contributed by atoms with Crippen molar-refractivity contribution in [3.8, 4) is 0 Å². The molecule has 2 fully saturated rings. The third-order valence-electron chi connectivity index (χ3n) is 6.11. The Hall–Kier alpha value is -2.83. The standard InChI is InChI=1S/C21H27N5O6S/c27-18-7-6-17(19(28)25-18)26-20(29)15-5-4-13(10-16(15)21(26)30)23-8-2-1-3-9-24-33(31,32)14-11-22-12-14/h4-5,10,14,17,22-24H,1-3,6-9,11-12H2,(H,25,27,28). The van der Waals surface area contributed by atoms with Crippen molar-refractivity contribution in [2.24, 2.45) is 0 Å². The Labute approximate surface area is 191 Å². The lowest BCUT2D eigenvalue weighted by atomic mass is 10.0. The van der Waals surface area contributed by atoms with Crippen LogP contribution >= 0.6 is 0 Å². The van der Waals surface area contributed by atoms with E-state index in [1.165, 1.54) is 0 Å². The number of sulfonamides is 1. The molecular weight excluding hydrogens is 450 g/mol. The lowest BCUT2D eigenvalue weighted by Gasteiger charge is -2.27. The summed E-state index contributed by atoms with van der Waals surface area (Å²) in [5.74, 6) is -2.11. The highest BCUT2D eigenvalue weighted by atomic mass is 32.2. The van der Waals surface area contributed by atoms with E-state index in [1.807, 2.05) is 0 Å². The molecule has 0 saturated carbocycles. The average Bonchev–Trinajstić information content (AvgIpc) is 2.96. The quantitative estimate of drug-likeness (QED) is 0.261. The third kappa shape index (κ3) is 4.92. The molecule has 4 rings (SSSR count). The Morgan fingerprint density at radius 1 is 0.970 bits per heavy atom. The van der Waals surface area contributed by atoms with E-state index < -0.39 is 39.7 Å². The zero-order valence-electron chi connectivity index (χ0n) is 18.1. The summed E-state index contributed by atoms with van der Waals surface area (Å²) in [6, 6.07) is 3.89. The number of anilines is 1. The Morgan fingerprint density at radius 2 is 1.70 bits per heavy atom. The molecule has 3 aliphatic rings. The summed E-state index contributed by atoms with van der Waals surface area (Å²) in [4.78, 5) is 50.0. The van der Waals surface area contributed by atoms with Crippen molar-refractivity contribution in [2.75, 3.05) is 31.5 Å². The molecule has 3 aliphatic heterocycles. The van der Waals surface area contributed by atoms with Crippen molar-refractivity contribution in [1.29, 1.82) is 0 Å². The summed E-state index contributed by atoms with van der Waals surface area (Å²) < 4.78 is 26.5. The molecule has 1 aromatic rings. The van der Waals surface area contributed by atoms with E-state index in [0.717, 1.165) is 24.2 Å². The number of carbonyl (C=O) groups excluding carboxylic acids is 4. The number of unbranched alkanes of at least 4 members (excludes halogenated alkanes) is 2. The minimum Gasteiger partial charge on any atom is -0.385 e. The number of imide groups is 2. The molecule has 0 bridgehead atoms. The van der Waals surface area contributed by atoms with Gasteiger partial charge in [-0.2, -0.15) is 0 Å². The topological polar surface area (TPSA) is 154 Å². The van der Waals surface area contributed by atoms with Gasteiger partial charge >= 0.3 is 0 Å². The second kappa shape index (κ2) is 9.57. The van der Waals surface area contributed by atoms with E-state index in [4.69, 9.17) is 0 Å². The number of amides is 4. The molecule has 0 spiro atoms. The summed E-state index contributed by atoms with van der Waals surface area (Å²) in [7, 11) is -3.23. The van der Waals surface area contributed by atoms with Crippen molar-refractivity contribution in [2.45, 2.75) is 43.4 Å². The molecule has 33 heavy (non-hydrogen) atoms. The van der Waals surface area contributed by atoms with Crippen LogP contribution in [-0.2, 0) is 19.6 Å². The molecular formula is C21H27N5O6S. The van der Waals surface area contributed by atoms with Crippen LogP contribution in [0.3, 0.4) is 0 Å². The van der Waals surface area contributed by atoms with Gasteiger partial charge < -0.3 is 10.6 Å². The van der Waals surface area contributed by atoms with Gasteiger partial charge in [-0.25, -0.2) is 13.1 Å². The first-order chi connectivity index (χ1) is 15.8. The van der Waals surface area contributed by atoms with E-state index in [0.29, 0.717) is 31.9 Å². The van der Waals surface area contributed by atoms with E-state index in [-0.39, 0.29) is 29.2 Å². The van der Waals surface area contributed by atoms with Crippen LogP contribution in [-0.4, -0.2) is 74.4 Å². The second-order valence-electron chi connectivity index (χ2n) is 8.41. The molecule has 12 heteroatoms. The monoisotopic (exact) mass is 477 g/mol. The van der Waals surface area contributed by atoms with E-state index in [2.05, 4.69) is 20.7 Å². The zero-order valence-corrected chi connectivity index (χ0v) is 18.9. The van der Waals surface area contributed by atoms with Crippen LogP contribution < -0.4 is 20.7 Å². The molecule has 3 heterocycles. The van der Waals surface area contributed by atoms with Crippen molar-refractivity contribution in [3.05, 3.63) is 29.3 Å². The Bertz CT molecular complexity index is 1080. The minimum absolute atomic E-state index is 0.0792. The molecule has 11 nitrogen and oxygen atoms in total. The normalized spacial score (nSPS) is 21.1. The molecule has 1 unspecified atom stereocenters. The summed E-state index contributed by atoms with van der Waals surface area (Å²) in [5.41, 5.74) is 1.15. The molecule has 4 amide bonds. The first-order valence-electron chi connectivity index (χ1n) is 11.1. The first kappa shape index (κ1) is 23.3. The molecule has 1 atom stereocenters. The first-order valence-corrected chi connectivity index (χ1v) is 12.6. The van der Waals surface area contributed by atoms with Gasteiger partial charge in [0.05, 0.1) is 11.1 Å². The van der Waals surface area contributed by atoms with Crippen LogP contribution in [0.5, 0.6) is 0 Å². The Morgan fingerprint density at radius 3 is 2.39 bits per heavy atom. The van der Waals surface area contributed by atoms with Gasteiger partial charge in [0.1, 0.15) is 11.3 Å². The minimum atomic E-state index is -3.23. The largest absolute Gasteiger partial charge is 0.385 e. The number of hydrogen-bond acceptors (Lipinski definition) is 8. The fourth-order valence-electron chi connectivity index (χ4n) is 4.05. The maximum atomic E-state index is 12.8. The molecule has 0 aliphatic carbocycles. The highest BCUT2D eigenvalue weighted by molar-refractivity contribution is 7.90. The lowest BCUT2D eigenvalue weighted by molar-refractivity contribution is -0.136. The second-order valence-corrected chi connectivity index (χ2v) is 10.5. The third-order valence-corrected chi connectivity index (χ3v) is 7.93. The maximum absolute atomic E-state index is 12.8. The van der Waals surface area contributed by atoms with Gasteiger partial charge in [0.25, 0.3) is 11.8 Å². The van der Waals surface area contributed by atoms with E-state index >= 15 is 0 Å². The fraction of sp³-hybridized carbons (Fsp3) is 0.524. The molecule has 0 radical (unpaired) electrons. The van der Waals surface area contributed by atoms with Gasteiger partial charge in [-0.15, -0.1) is 0 Å². The van der Waals surface area contributed by atoms with Crippen LogP contribution in [0, 0.1) is 0 Å². The van der Waals surface area contributed by atoms with Crippen LogP contribution in [0.25, 0.3) is 0 Å². The summed E-state index contributed by atoms with van der Waals surface area (Å²) in [6.45, 7) is 2.03. The smallest absolute Gasteiger partial charge is 0.262 e. The summed E-state index contributed by atoms with van der Waals surface area (Å²) >= 11 is 0. The van der Waals surface area contributed by atoms with Gasteiger partial charge in [-0.05, 0) is 37.5 Å². The average molecular weight is 478 g/mol. The van der Waals surface area contributed by atoms with Crippen molar-refractivity contribution >= 4 is 39.3 Å². The van der Waals surface area contributed by atoms with E-state index in [9.17, 15) is 27.6 Å². The number of carbonyl (C=O) groups is 4. The van der Waals surface area contributed by atoms with Gasteiger partial charge in [-0.3, -0.25) is 29.4 Å². The van der Waals surface area contributed by atoms with Crippen molar-refractivity contribution < 1.29 is 27.6 Å². The number of benzene rings is 1. The fourth-order valence-corrected chi connectivity index (χ4v) is 5.39. The summed E-state index contributed by atoms with van der Waals surface area (Å²) in [6.07, 6.45) is 2.55. The summed E-state index contributed by atoms with van der Waals surface area (Å²) in [5, 5.41) is 8.00. The van der Waals surface area contributed by atoms with E-state index in [1.54, 1.807) is 18.2 Å². The predicted molar refractivity (Wildman–Crippen MR) is 119 cm³/mol.